The molecule has 0 bridgehead atoms. The Balaban J connectivity index is 0.00000261. The Morgan fingerprint density at radius 3 is 2.59 bits per heavy atom. The van der Waals surface area contributed by atoms with Gasteiger partial charge < -0.3 is 20.1 Å². The van der Waals surface area contributed by atoms with Crippen molar-refractivity contribution in [3.8, 4) is 0 Å². The average Bonchev–Trinajstić information content (AvgIpc) is 2.67. The zero-order valence-electron chi connectivity index (χ0n) is 14.8. The van der Waals surface area contributed by atoms with E-state index in [1.54, 1.807) is 6.07 Å². The van der Waals surface area contributed by atoms with Crippen LogP contribution in [0, 0.1) is 0 Å². The number of carbonyl (C=O) groups is 1. The summed E-state index contributed by atoms with van der Waals surface area (Å²) in [7, 11) is 0. The third-order valence-corrected chi connectivity index (χ3v) is 5.09. The molecule has 2 aliphatic heterocycles. The lowest BCUT2D eigenvalue weighted by Gasteiger charge is -2.38. The number of amides is 1. The molecule has 5 nitrogen and oxygen atoms in total. The number of hydrogen-bond acceptors (Lipinski definition) is 4. The number of morpholine rings is 1. The van der Waals surface area contributed by atoms with E-state index < -0.39 is 23.2 Å². The molecule has 0 radical (unpaired) electrons. The Morgan fingerprint density at radius 1 is 1.22 bits per heavy atom. The number of carbonyl (C=O) groups excluding carboxylic acids is 1. The first-order valence-electron chi connectivity index (χ1n) is 8.75. The number of nitrogens with one attached hydrogen (secondary N) is 2. The number of alkyl halides is 3. The summed E-state index contributed by atoms with van der Waals surface area (Å²) in [6.07, 6.45) is -3.28. The fourth-order valence-electron chi connectivity index (χ4n) is 3.47. The molecule has 2 saturated heterocycles. The predicted octanol–water partition coefficient (Wildman–Crippen LogP) is 2.28. The standard InChI is InChI=1S/C18H23F3N2O3.ClH/c19-18(20,21)14-3-1-2-13(10-14)17(4-7-25-8-5-17)12-23-16(24)15-11-26-9-6-22-15;/h1-3,10,15,22H,4-9,11-12H2,(H,23,24);1H. The quantitative estimate of drug-likeness (QED) is 0.802. The van der Waals surface area contributed by atoms with Crippen LogP contribution in [0.5, 0.6) is 0 Å². The minimum atomic E-state index is -4.39. The zero-order valence-corrected chi connectivity index (χ0v) is 15.6. The minimum Gasteiger partial charge on any atom is -0.381 e. The smallest absolute Gasteiger partial charge is 0.381 e. The van der Waals surface area contributed by atoms with E-state index in [0.29, 0.717) is 51.4 Å². The Hall–Kier alpha value is -1.35. The molecular weight excluding hydrogens is 385 g/mol. The van der Waals surface area contributed by atoms with Crippen molar-refractivity contribution in [1.82, 2.24) is 10.6 Å². The van der Waals surface area contributed by atoms with Crippen molar-refractivity contribution in [2.45, 2.75) is 30.5 Å². The van der Waals surface area contributed by atoms with Crippen LogP contribution in [-0.2, 0) is 25.9 Å². The highest BCUT2D eigenvalue weighted by Gasteiger charge is 2.38. The average molecular weight is 409 g/mol. The maximum absolute atomic E-state index is 13.1. The second kappa shape index (κ2) is 9.23. The van der Waals surface area contributed by atoms with Gasteiger partial charge in [0.2, 0.25) is 5.91 Å². The maximum atomic E-state index is 13.1. The van der Waals surface area contributed by atoms with E-state index in [-0.39, 0.29) is 24.9 Å². The Bertz CT molecular complexity index is 631. The van der Waals surface area contributed by atoms with E-state index >= 15 is 0 Å². The fourth-order valence-corrected chi connectivity index (χ4v) is 3.47. The van der Waals surface area contributed by atoms with Gasteiger partial charge in [0.05, 0.1) is 18.8 Å². The van der Waals surface area contributed by atoms with Gasteiger partial charge in [-0.15, -0.1) is 12.4 Å². The maximum Gasteiger partial charge on any atom is 0.416 e. The van der Waals surface area contributed by atoms with Crippen molar-refractivity contribution in [1.29, 1.82) is 0 Å². The number of hydrogen-bond donors (Lipinski definition) is 2. The third kappa shape index (κ3) is 5.34. The summed E-state index contributed by atoms with van der Waals surface area (Å²) in [6.45, 7) is 2.65. The highest BCUT2D eigenvalue weighted by Crippen LogP contribution is 2.37. The predicted molar refractivity (Wildman–Crippen MR) is 96.0 cm³/mol. The molecule has 1 unspecified atom stereocenters. The van der Waals surface area contributed by atoms with Crippen LogP contribution in [0.2, 0.25) is 0 Å². The number of halogens is 4. The molecule has 0 saturated carbocycles. The van der Waals surface area contributed by atoms with Gasteiger partial charge in [0.25, 0.3) is 0 Å². The second-order valence-electron chi connectivity index (χ2n) is 6.77. The summed E-state index contributed by atoms with van der Waals surface area (Å²) >= 11 is 0. The summed E-state index contributed by atoms with van der Waals surface area (Å²) in [5.41, 5.74) is -0.650. The summed E-state index contributed by atoms with van der Waals surface area (Å²) < 4.78 is 50.0. The molecule has 2 aliphatic rings. The summed E-state index contributed by atoms with van der Waals surface area (Å²) in [5.74, 6) is -0.192. The summed E-state index contributed by atoms with van der Waals surface area (Å²) in [4.78, 5) is 12.4. The molecule has 3 rings (SSSR count). The molecule has 1 aromatic rings. The van der Waals surface area contributed by atoms with Gasteiger partial charge in [-0.3, -0.25) is 4.79 Å². The van der Waals surface area contributed by atoms with Crippen LogP contribution >= 0.6 is 12.4 Å². The second-order valence-corrected chi connectivity index (χ2v) is 6.77. The molecule has 2 fully saturated rings. The molecule has 1 atom stereocenters. The van der Waals surface area contributed by atoms with E-state index in [9.17, 15) is 18.0 Å². The molecule has 0 spiro atoms. The van der Waals surface area contributed by atoms with E-state index in [1.807, 2.05) is 0 Å². The van der Waals surface area contributed by atoms with Crippen LogP contribution in [0.25, 0.3) is 0 Å². The van der Waals surface area contributed by atoms with Crippen molar-refractivity contribution < 1.29 is 27.4 Å². The number of benzene rings is 1. The zero-order chi connectivity index (χ0) is 18.6. The van der Waals surface area contributed by atoms with Crippen molar-refractivity contribution in [3.63, 3.8) is 0 Å². The lowest BCUT2D eigenvalue weighted by Crippen LogP contribution is -2.54. The van der Waals surface area contributed by atoms with Gasteiger partial charge in [-0.25, -0.2) is 0 Å². The largest absolute Gasteiger partial charge is 0.416 e. The van der Waals surface area contributed by atoms with Crippen molar-refractivity contribution >= 4 is 18.3 Å². The van der Waals surface area contributed by atoms with Gasteiger partial charge in [0.15, 0.2) is 0 Å². The molecule has 0 aliphatic carbocycles. The number of rotatable bonds is 4. The van der Waals surface area contributed by atoms with Gasteiger partial charge in [-0.2, -0.15) is 13.2 Å². The van der Waals surface area contributed by atoms with Crippen LogP contribution in [0.15, 0.2) is 24.3 Å². The summed E-state index contributed by atoms with van der Waals surface area (Å²) in [6, 6.07) is 4.96. The van der Waals surface area contributed by atoms with Crippen LogP contribution in [0.4, 0.5) is 13.2 Å². The molecule has 9 heteroatoms. The normalized spacial score (nSPS) is 22.6. The Morgan fingerprint density at radius 2 is 1.96 bits per heavy atom. The van der Waals surface area contributed by atoms with Crippen LogP contribution in [0.3, 0.4) is 0 Å². The molecule has 2 heterocycles. The van der Waals surface area contributed by atoms with Gasteiger partial charge in [-0.05, 0) is 24.5 Å². The minimum absolute atomic E-state index is 0. The van der Waals surface area contributed by atoms with Crippen molar-refractivity contribution in [2.75, 3.05) is 39.5 Å². The summed E-state index contributed by atoms with van der Waals surface area (Å²) in [5, 5.41) is 5.98. The molecular formula is C18H24ClF3N2O3. The lowest BCUT2D eigenvalue weighted by atomic mass is 9.73. The van der Waals surface area contributed by atoms with Crippen molar-refractivity contribution in [2.24, 2.45) is 0 Å². The Kier molecular flexibility index (Phi) is 7.50. The van der Waals surface area contributed by atoms with E-state index in [1.165, 1.54) is 12.1 Å². The SMILES string of the molecule is Cl.O=C(NCC1(c2cccc(C(F)(F)F)c2)CCOCC1)C1COCCN1. The topological polar surface area (TPSA) is 59.6 Å². The lowest BCUT2D eigenvalue weighted by molar-refractivity contribution is -0.137. The van der Waals surface area contributed by atoms with E-state index in [2.05, 4.69) is 10.6 Å². The van der Waals surface area contributed by atoms with Gasteiger partial charge in [-0.1, -0.05) is 18.2 Å². The molecule has 1 amide bonds. The van der Waals surface area contributed by atoms with Gasteiger partial charge in [0.1, 0.15) is 6.04 Å². The molecule has 27 heavy (non-hydrogen) atoms. The van der Waals surface area contributed by atoms with E-state index in [4.69, 9.17) is 9.47 Å². The number of ether oxygens (including phenoxy) is 2. The molecule has 152 valence electrons. The van der Waals surface area contributed by atoms with Crippen LogP contribution < -0.4 is 10.6 Å². The molecule has 1 aromatic carbocycles. The van der Waals surface area contributed by atoms with Crippen LogP contribution in [0.1, 0.15) is 24.0 Å². The third-order valence-electron chi connectivity index (χ3n) is 5.09. The monoisotopic (exact) mass is 408 g/mol. The van der Waals surface area contributed by atoms with Gasteiger partial charge in [0, 0.05) is 31.7 Å². The van der Waals surface area contributed by atoms with Crippen LogP contribution in [-0.4, -0.2) is 51.5 Å². The molecule has 0 aromatic heterocycles. The van der Waals surface area contributed by atoms with Crippen molar-refractivity contribution in [3.05, 3.63) is 35.4 Å². The highest BCUT2D eigenvalue weighted by molar-refractivity contribution is 5.85. The fraction of sp³-hybridized carbons (Fsp3) is 0.611. The van der Waals surface area contributed by atoms with E-state index in [0.717, 1.165) is 6.07 Å². The first kappa shape index (κ1) is 21.9. The highest BCUT2D eigenvalue weighted by atomic mass is 35.5. The first-order valence-corrected chi connectivity index (χ1v) is 8.75. The first-order chi connectivity index (χ1) is 12.4. The Labute approximate surface area is 162 Å². The molecule has 2 N–H and O–H groups in total. The van der Waals surface area contributed by atoms with Gasteiger partial charge >= 0.3 is 6.18 Å².